The van der Waals surface area contributed by atoms with E-state index in [1.54, 1.807) is 7.11 Å². The second kappa shape index (κ2) is 3.81. The van der Waals surface area contributed by atoms with Gasteiger partial charge < -0.3 is 9.15 Å². The Labute approximate surface area is 103 Å². The summed E-state index contributed by atoms with van der Waals surface area (Å²) >= 11 is 3.60. The Kier molecular flexibility index (Phi) is 2.43. The summed E-state index contributed by atoms with van der Waals surface area (Å²) in [5.41, 5.74) is 2.26. The lowest BCUT2D eigenvalue weighted by Crippen LogP contribution is -1.98. The van der Waals surface area contributed by atoms with Crippen LogP contribution >= 0.6 is 15.9 Å². The van der Waals surface area contributed by atoms with Gasteiger partial charge in [-0.2, -0.15) is 0 Å². The van der Waals surface area contributed by atoms with Gasteiger partial charge in [-0.25, -0.2) is 0 Å². The van der Waals surface area contributed by atoms with Crippen LogP contribution in [-0.2, 0) is 12.8 Å². The zero-order valence-electron chi connectivity index (χ0n) is 9.18. The molecule has 1 aliphatic carbocycles. The van der Waals surface area contributed by atoms with E-state index in [9.17, 15) is 0 Å². The SMILES string of the molecule is COc1ccc(Br)c2c3c(oc12)CCCC3. The van der Waals surface area contributed by atoms with Crippen molar-refractivity contribution in [3.63, 3.8) is 0 Å². The Bertz CT molecular complexity index is 542. The highest BCUT2D eigenvalue weighted by Gasteiger charge is 2.21. The summed E-state index contributed by atoms with van der Waals surface area (Å²) in [6, 6.07) is 3.98. The fourth-order valence-corrected chi connectivity index (χ4v) is 3.01. The molecule has 2 nitrogen and oxygen atoms in total. The Morgan fingerprint density at radius 2 is 2.06 bits per heavy atom. The number of aryl methyl sites for hydroxylation is 2. The molecule has 0 radical (unpaired) electrons. The van der Waals surface area contributed by atoms with Crippen molar-refractivity contribution in [3.8, 4) is 5.75 Å². The van der Waals surface area contributed by atoms with Gasteiger partial charge in [0.15, 0.2) is 11.3 Å². The lowest BCUT2D eigenvalue weighted by Gasteiger charge is -2.08. The predicted molar refractivity (Wildman–Crippen MR) is 67.1 cm³/mol. The Balaban J connectivity index is 2.36. The number of furan rings is 1. The first kappa shape index (κ1) is 10.2. The van der Waals surface area contributed by atoms with Crippen LogP contribution in [0.1, 0.15) is 24.2 Å². The van der Waals surface area contributed by atoms with Gasteiger partial charge in [-0.05, 0) is 31.4 Å². The lowest BCUT2D eigenvalue weighted by molar-refractivity contribution is 0.406. The van der Waals surface area contributed by atoms with Gasteiger partial charge in [-0.1, -0.05) is 15.9 Å². The molecule has 16 heavy (non-hydrogen) atoms. The number of fused-ring (bicyclic) bond motifs is 3. The van der Waals surface area contributed by atoms with Crippen LogP contribution in [-0.4, -0.2) is 7.11 Å². The topological polar surface area (TPSA) is 22.4 Å². The molecule has 0 aliphatic heterocycles. The summed E-state index contributed by atoms with van der Waals surface area (Å²) in [7, 11) is 1.68. The highest BCUT2D eigenvalue weighted by Crippen LogP contribution is 2.40. The Morgan fingerprint density at radius 3 is 2.88 bits per heavy atom. The molecular formula is C13H13BrO2. The lowest BCUT2D eigenvalue weighted by atomic mass is 9.96. The minimum Gasteiger partial charge on any atom is -0.493 e. The van der Waals surface area contributed by atoms with Crippen molar-refractivity contribution < 1.29 is 9.15 Å². The highest BCUT2D eigenvalue weighted by atomic mass is 79.9. The van der Waals surface area contributed by atoms with E-state index < -0.39 is 0 Å². The molecule has 2 aromatic rings. The molecule has 0 bridgehead atoms. The van der Waals surface area contributed by atoms with Crippen LogP contribution in [0.4, 0.5) is 0 Å². The van der Waals surface area contributed by atoms with Gasteiger partial charge in [0.1, 0.15) is 5.76 Å². The standard InChI is InChI=1S/C13H13BrO2/c1-15-11-7-6-9(14)12-8-4-2-3-5-10(8)16-13(11)12/h6-7H,2-5H2,1H3. The average molecular weight is 281 g/mol. The molecule has 0 atom stereocenters. The van der Waals surface area contributed by atoms with Gasteiger partial charge >= 0.3 is 0 Å². The summed E-state index contributed by atoms with van der Waals surface area (Å²) in [6.07, 6.45) is 4.66. The first-order valence-corrected chi connectivity index (χ1v) is 6.37. The third-order valence-electron chi connectivity index (χ3n) is 3.23. The third-order valence-corrected chi connectivity index (χ3v) is 3.90. The minimum atomic E-state index is 0.826. The maximum atomic E-state index is 5.94. The van der Waals surface area contributed by atoms with E-state index in [1.807, 2.05) is 12.1 Å². The number of hydrogen-bond acceptors (Lipinski definition) is 2. The van der Waals surface area contributed by atoms with Gasteiger partial charge in [0.25, 0.3) is 0 Å². The molecular weight excluding hydrogens is 268 g/mol. The number of methoxy groups -OCH3 is 1. The van der Waals surface area contributed by atoms with E-state index >= 15 is 0 Å². The van der Waals surface area contributed by atoms with Crippen LogP contribution in [0.15, 0.2) is 21.0 Å². The van der Waals surface area contributed by atoms with E-state index in [4.69, 9.17) is 9.15 Å². The molecule has 0 unspecified atom stereocenters. The van der Waals surface area contributed by atoms with Crippen LogP contribution in [0, 0.1) is 0 Å². The molecule has 0 fully saturated rings. The van der Waals surface area contributed by atoms with Gasteiger partial charge in [-0.15, -0.1) is 0 Å². The van der Waals surface area contributed by atoms with E-state index in [1.165, 1.54) is 23.8 Å². The van der Waals surface area contributed by atoms with Crippen LogP contribution < -0.4 is 4.74 Å². The normalized spacial score (nSPS) is 15.1. The van der Waals surface area contributed by atoms with Crippen molar-refractivity contribution >= 4 is 26.9 Å². The number of rotatable bonds is 1. The van der Waals surface area contributed by atoms with E-state index in [-0.39, 0.29) is 0 Å². The monoisotopic (exact) mass is 280 g/mol. The van der Waals surface area contributed by atoms with Crippen LogP contribution in [0.5, 0.6) is 5.75 Å². The summed E-state index contributed by atoms with van der Waals surface area (Å²) in [4.78, 5) is 0. The smallest absolute Gasteiger partial charge is 0.177 e. The first-order valence-electron chi connectivity index (χ1n) is 5.58. The Hall–Kier alpha value is -0.960. The fraction of sp³-hybridized carbons (Fsp3) is 0.385. The van der Waals surface area contributed by atoms with E-state index in [2.05, 4.69) is 15.9 Å². The van der Waals surface area contributed by atoms with Crippen molar-refractivity contribution in [3.05, 3.63) is 27.9 Å². The molecule has 84 valence electrons. The van der Waals surface area contributed by atoms with Gasteiger partial charge in [0.05, 0.1) is 7.11 Å². The van der Waals surface area contributed by atoms with Crippen LogP contribution in [0.3, 0.4) is 0 Å². The van der Waals surface area contributed by atoms with Gasteiger partial charge in [-0.3, -0.25) is 0 Å². The molecule has 0 spiro atoms. The van der Waals surface area contributed by atoms with E-state index in [0.29, 0.717) is 0 Å². The van der Waals surface area contributed by atoms with Gasteiger partial charge in [0, 0.05) is 21.8 Å². The van der Waals surface area contributed by atoms with Crippen molar-refractivity contribution in [1.29, 1.82) is 0 Å². The molecule has 1 aliphatic rings. The first-order chi connectivity index (χ1) is 7.81. The minimum absolute atomic E-state index is 0.826. The van der Waals surface area contributed by atoms with Crippen molar-refractivity contribution in [2.24, 2.45) is 0 Å². The quantitative estimate of drug-likeness (QED) is 0.785. The van der Waals surface area contributed by atoms with Crippen molar-refractivity contribution in [2.45, 2.75) is 25.7 Å². The molecule has 0 amide bonds. The van der Waals surface area contributed by atoms with Gasteiger partial charge in [0.2, 0.25) is 0 Å². The van der Waals surface area contributed by atoms with E-state index in [0.717, 1.165) is 34.4 Å². The largest absolute Gasteiger partial charge is 0.493 e. The maximum Gasteiger partial charge on any atom is 0.177 e. The highest BCUT2D eigenvalue weighted by molar-refractivity contribution is 9.10. The molecule has 1 heterocycles. The number of benzene rings is 1. The number of halogens is 1. The maximum absolute atomic E-state index is 5.94. The van der Waals surface area contributed by atoms with Crippen LogP contribution in [0.2, 0.25) is 0 Å². The molecule has 0 saturated heterocycles. The summed E-state index contributed by atoms with van der Waals surface area (Å²) in [5.74, 6) is 1.97. The predicted octanol–water partition coefficient (Wildman–Crippen LogP) is 4.08. The second-order valence-corrected chi connectivity index (χ2v) is 5.02. The zero-order valence-corrected chi connectivity index (χ0v) is 10.8. The zero-order chi connectivity index (χ0) is 11.1. The van der Waals surface area contributed by atoms with Crippen molar-refractivity contribution in [1.82, 2.24) is 0 Å². The number of hydrogen-bond donors (Lipinski definition) is 0. The fourth-order valence-electron chi connectivity index (χ4n) is 2.46. The molecule has 3 heteroatoms. The molecule has 0 N–H and O–H groups in total. The summed E-state index contributed by atoms with van der Waals surface area (Å²) in [5, 5.41) is 1.20. The molecule has 3 rings (SSSR count). The Morgan fingerprint density at radius 1 is 1.25 bits per heavy atom. The summed E-state index contributed by atoms with van der Waals surface area (Å²) < 4.78 is 12.4. The molecule has 1 aromatic carbocycles. The number of ether oxygens (including phenoxy) is 1. The molecule has 1 aromatic heterocycles. The third kappa shape index (κ3) is 1.38. The second-order valence-electron chi connectivity index (χ2n) is 4.16. The van der Waals surface area contributed by atoms with Crippen LogP contribution in [0.25, 0.3) is 11.0 Å². The average Bonchev–Trinajstić information content (AvgIpc) is 2.69. The molecule has 0 saturated carbocycles. The summed E-state index contributed by atoms with van der Waals surface area (Å²) in [6.45, 7) is 0. The van der Waals surface area contributed by atoms with Crippen molar-refractivity contribution in [2.75, 3.05) is 7.11 Å².